The van der Waals surface area contributed by atoms with E-state index in [2.05, 4.69) is 54.9 Å². The number of carbonyl (C=O) groups excluding carboxylic acids is 1. The number of aryl methyl sites for hydroxylation is 1. The highest BCUT2D eigenvalue weighted by Crippen LogP contribution is 2.36. The lowest BCUT2D eigenvalue weighted by atomic mass is 10.2. The third-order valence-electron chi connectivity index (χ3n) is 4.63. The van der Waals surface area contributed by atoms with Gasteiger partial charge in [-0.3, -0.25) is 4.68 Å². The third-order valence-corrected chi connectivity index (χ3v) is 9.83. The lowest BCUT2D eigenvalue weighted by molar-refractivity contribution is 0.0200. The Balaban J connectivity index is 2.86. The van der Waals surface area contributed by atoms with E-state index < -0.39 is 13.9 Å². The summed E-state index contributed by atoms with van der Waals surface area (Å²) in [6.07, 6.45) is 1.39. The van der Waals surface area contributed by atoms with E-state index in [0.29, 0.717) is 19.7 Å². The second-order valence-corrected chi connectivity index (χ2v) is 14.7. The summed E-state index contributed by atoms with van der Waals surface area (Å²) in [4.78, 5) is 14.4. The Bertz CT molecular complexity index is 599. The van der Waals surface area contributed by atoms with Gasteiger partial charge in [-0.1, -0.05) is 20.8 Å². The molecule has 0 radical (unpaired) electrons. The van der Waals surface area contributed by atoms with Crippen LogP contribution in [-0.2, 0) is 22.8 Å². The summed E-state index contributed by atoms with van der Waals surface area (Å²) in [7, 11) is 0.000869. The largest absolute Gasteiger partial charge is 0.444 e. The van der Waals surface area contributed by atoms with Crippen LogP contribution in [0.4, 0.5) is 4.79 Å². The first-order valence-corrected chi connectivity index (χ1v) is 12.6. The van der Waals surface area contributed by atoms with Gasteiger partial charge in [0.2, 0.25) is 0 Å². The molecule has 1 aromatic rings. The summed E-state index contributed by atoms with van der Waals surface area (Å²) in [6.45, 7) is 18.0. The van der Waals surface area contributed by atoms with Crippen molar-refractivity contribution in [2.24, 2.45) is 7.05 Å². The van der Waals surface area contributed by atoms with Crippen molar-refractivity contribution in [3.8, 4) is 0 Å². The van der Waals surface area contributed by atoms with Gasteiger partial charge in [-0.2, -0.15) is 5.10 Å². The minimum atomic E-state index is -1.86. The zero-order valence-electron chi connectivity index (χ0n) is 17.6. The van der Waals surface area contributed by atoms with Crippen LogP contribution in [0, 0.1) is 0 Å². The van der Waals surface area contributed by atoms with Gasteiger partial charge in [0.05, 0.1) is 29.5 Å². The first-order valence-electron chi connectivity index (χ1n) is 8.92. The van der Waals surface area contributed by atoms with Crippen molar-refractivity contribution < 1.29 is 14.0 Å². The first-order chi connectivity index (χ1) is 11.6. The fraction of sp³-hybridized carbons (Fsp3) is 0.778. The minimum absolute atomic E-state index is 0.134. The molecule has 0 aromatic carbocycles. The molecule has 1 aromatic heterocycles. The summed E-state index contributed by atoms with van der Waals surface area (Å²) < 4.78 is 14.4. The topological polar surface area (TPSA) is 56.6 Å². The second-order valence-electron chi connectivity index (χ2n) is 9.07. The average Bonchev–Trinajstić information content (AvgIpc) is 2.74. The molecule has 0 saturated heterocycles. The van der Waals surface area contributed by atoms with Crippen LogP contribution >= 0.6 is 15.9 Å². The Labute approximate surface area is 167 Å². The molecule has 0 fully saturated rings. The van der Waals surface area contributed by atoms with Gasteiger partial charge >= 0.3 is 6.09 Å². The van der Waals surface area contributed by atoms with Crippen molar-refractivity contribution in [3.05, 3.63) is 16.4 Å². The molecule has 0 N–H and O–H groups in total. The van der Waals surface area contributed by atoms with Crippen molar-refractivity contribution in [1.29, 1.82) is 0 Å². The fourth-order valence-electron chi connectivity index (χ4n) is 1.98. The molecule has 1 heterocycles. The quantitative estimate of drug-likeness (QED) is 0.579. The fourth-order valence-corrected chi connectivity index (χ4v) is 3.49. The maximum Gasteiger partial charge on any atom is 0.410 e. The first kappa shape index (κ1) is 23.2. The van der Waals surface area contributed by atoms with E-state index in [9.17, 15) is 4.79 Å². The van der Waals surface area contributed by atoms with Crippen molar-refractivity contribution in [1.82, 2.24) is 14.7 Å². The molecule has 26 heavy (non-hydrogen) atoms. The smallest absolute Gasteiger partial charge is 0.410 e. The van der Waals surface area contributed by atoms with Crippen molar-refractivity contribution in [2.45, 2.75) is 71.8 Å². The van der Waals surface area contributed by atoms with Crippen molar-refractivity contribution in [2.75, 3.05) is 13.2 Å². The number of halogens is 1. The molecule has 0 atom stereocenters. The molecule has 0 unspecified atom stereocenters. The summed E-state index contributed by atoms with van der Waals surface area (Å²) >= 11 is 3.50. The van der Waals surface area contributed by atoms with Gasteiger partial charge in [0.25, 0.3) is 0 Å². The van der Waals surface area contributed by atoms with Crippen LogP contribution in [0.5, 0.6) is 0 Å². The Morgan fingerprint density at radius 2 is 1.85 bits per heavy atom. The molecule has 0 bridgehead atoms. The van der Waals surface area contributed by atoms with Gasteiger partial charge in [0.1, 0.15) is 5.60 Å². The third kappa shape index (κ3) is 6.70. The Hall–Kier alpha value is -0.863. The zero-order chi connectivity index (χ0) is 20.3. The molecular weight excluding hydrogens is 414 g/mol. The molecule has 0 aliphatic rings. The molecule has 0 spiro atoms. The maximum absolute atomic E-state index is 12.7. The van der Waals surface area contributed by atoms with E-state index in [4.69, 9.17) is 9.16 Å². The molecule has 1 amide bonds. The van der Waals surface area contributed by atoms with E-state index in [-0.39, 0.29) is 11.1 Å². The van der Waals surface area contributed by atoms with Crippen LogP contribution in [0.3, 0.4) is 0 Å². The number of aromatic nitrogens is 2. The van der Waals surface area contributed by atoms with E-state index in [1.165, 1.54) is 0 Å². The SMILES string of the molecule is Cn1ncc(Br)c1CN(CCO[Si](C)(C)C(C)(C)C)C(=O)OC(C)(C)C. The summed E-state index contributed by atoms with van der Waals surface area (Å²) in [6, 6.07) is 0. The van der Waals surface area contributed by atoms with Gasteiger partial charge in [-0.05, 0) is 54.8 Å². The molecular formula is C18H34BrN3O3Si. The molecule has 150 valence electrons. The Morgan fingerprint density at radius 3 is 2.27 bits per heavy atom. The summed E-state index contributed by atoms with van der Waals surface area (Å²) in [5.41, 5.74) is 0.377. The van der Waals surface area contributed by atoms with Gasteiger partial charge in [0, 0.05) is 13.6 Å². The van der Waals surface area contributed by atoms with Gasteiger partial charge in [0.15, 0.2) is 8.32 Å². The molecule has 8 heteroatoms. The second kappa shape index (κ2) is 8.44. The summed E-state index contributed by atoms with van der Waals surface area (Å²) in [5, 5.41) is 4.36. The predicted octanol–water partition coefficient (Wildman–Crippen LogP) is 4.94. The van der Waals surface area contributed by atoms with Gasteiger partial charge in [-0.25, -0.2) is 4.79 Å². The van der Waals surface area contributed by atoms with E-state index >= 15 is 0 Å². The van der Waals surface area contributed by atoms with Crippen LogP contribution in [0.25, 0.3) is 0 Å². The highest BCUT2D eigenvalue weighted by Gasteiger charge is 2.37. The number of ether oxygens (including phenoxy) is 1. The van der Waals surface area contributed by atoms with Gasteiger partial charge in [-0.15, -0.1) is 0 Å². The van der Waals surface area contributed by atoms with E-state index in [1.807, 2.05) is 27.8 Å². The molecule has 1 rings (SSSR count). The highest BCUT2D eigenvalue weighted by molar-refractivity contribution is 9.10. The lowest BCUT2D eigenvalue weighted by Crippen LogP contribution is -2.44. The van der Waals surface area contributed by atoms with E-state index in [1.54, 1.807) is 15.8 Å². The number of carbonyl (C=O) groups is 1. The van der Waals surface area contributed by atoms with E-state index in [0.717, 1.165) is 10.2 Å². The monoisotopic (exact) mass is 447 g/mol. The predicted molar refractivity (Wildman–Crippen MR) is 111 cm³/mol. The maximum atomic E-state index is 12.7. The van der Waals surface area contributed by atoms with Crippen LogP contribution in [0.15, 0.2) is 10.7 Å². The van der Waals surface area contributed by atoms with Crippen molar-refractivity contribution in [3.63, 3.8) is 0 Å². The van der Waals surface area contributed by atoms with Crippen molar-refractivity contribution >= 4 is 30.3 Å². The minimum Gasteiger partial charge on any atom is -0.444 e. The standard InChI is InChI=1S/C18H34BrN3O3Si/c1-17(2,3)25-16(23)22(13-15-14(19)12-20-21(15)7)10-11-24-26(8,9)18(4,5)6/h12H,10-11,13H2,1-9H3. The van der Waals surface area contributed by atoms with Crippen LogP contribution in [-0.4, -0.2) is 47.8 Å². The van der Waals surface area contributed by atoms with Gasteiger partial charge < -0.3 is 14.1 Å². The van der Waals surface area contributed by atoms with Crippen LogP contribution < -0.4 is 0 Å². The number of hydrogen-bond acceptors (Lipinski definition) is 4. The van der Waals surface area contributed by atoms with Crippen LogP contribution in [0.1, 0.15) is 47.2 Å². The Morgan fingerprint density at radius 1 is 1.27 bits per heavy atom. The lowest BCUT2D eigenvalue weighted by Gasteiger charge is -2.37. The van der Waals surface area contributed by atoms with Crippen LogP contribution in [0.2, 0.25) is 18.1 Å². The molecule has 0 aliphatic heterocycles. The normalized spacial score (nSPS) is 13.0. The summed E-state index contributed by atoms with van der Waals surface area (Å²) in [5.74, 6) is 0. The molecule has 6 nitrogen and oxygen atoms in total. The average molecular weight is 448 g/mol. The number of rotatable bonds is 6. The Kier molecular flexibility index (Phi) is 7.52. The number of hydrogen-bond donors (Lipinski definition) is 0. The number of nitrogens with zero attached hydrogens (tertiary/aromatic N) is 3. The number of amides is 1. The zero-order valence-corrected chi connectivity index (χ0v) is 20.2. The molecule has 0 aliphatic carbocycles. The molecule has 0 saturated carbocycles. The highest BCUT2D eigenvalue weighted by atomic mass is 79.9.